The van der Waals surface area contributed by atoms with Crippen molar-refractivity contribution in [1.29, 1.82) is 0 Å². The third-order valence-electron chi connectivity index (χ3n) is 4.86. The average molecular weight is 339 g/mol. The number of nitrogens with zero attached hydrogens (tertiary/aromatic N) is 2. The number of aromatic hydroxyl groups is 1. The van der Waals surface area contributed by atoms with Crippen LogP contribution in [-0.4, -0.2) is 48.1 Å². The summed E-state index contributed by atoms with van der Waals surface area (Å²) in [6, 6.07) is 14.9. The van der Waals surface area contributed by atoms with Gasteiger partial charge >= 0.3 is 0 Å². The number of carbonyl (C=O) groups excluding carboxylic acids is 1. The van der Waals surface area contributed by atoms with Crippen molar-refractivity contribution in [2.24, 2.45) is 0 Å². The number of nitrogens with one attached hydrogen (secondary N) is 1. The molecule has 25 heavy (non-hydrogen) atoms. The number of hydrogen-bond acceptors (Lipinski definition) is 4. The van der Waals surface area contributed by atoms with Crippen LogP contribution in [-0.2, 0) is 4.79 Å². The van der Waals surface area contributed by atoms with E-state index in [4.69, 9.17) is 0 Å². The summed E-state index contributed by atoms with van der Waals surface area (Å²) in [6.07, 6.45) is 0. The molecule has 2 aromatic carbocycles. The zero-order chi connectivity index (χ0) is 17.8. The summed E-state index contributed by atoms with van der Waals surface area (Å²) >= 11 is 0. The predicted molar refractivity (Wildman–Crippen MR) is 101 cm³/mol. The van der Waals surface area contributed by atoms with Crippen LogP contribution in [0.15, 0.2) is 48.5 Å². The van der Waals surface area contributed by atoms with Crippen molar-refractivity contribution < 1.29 is 9.90 Å². The van der Waals surface area contributed by atoms with Crippen LogP contribution in [0.2, 0.25) is 0 Å². The third-order valence-corrected chi connectivity index (χ3v) is 4.86. The number of phenolic OH excluding ortho intramolecular Hbond substituents is 1. The summed E-state index contributed by atoms with van der Waals surface area (Å²) in [5.41, 5.74) is 3.05. The lowest BCUT2D eigenvalue weighted by Gasteiger charge is -2.38. The first-order valence-corrected chi connectivity index (χ1v) is 8.69. The maximum absolute atomic E-state index is 12.6. The summed E-state index contributed by atoms with van der Waals surface area (Å²) < 4.78 is 0. The quantitative estimate of drug-likeness (QED) is 0.899. The van der Waals surface area contributed by atoms with Crippen LogP contribution < -0.4 is 10.2 Å². The standard InChI is InChI=1S/C20H25N3O2/c1-15-5-3-4-6-19(15)21-20(25)16(2)22-11-13-23(14-12-22)17-7-9-18(24)10-8-17/h3-10,16,24H,11-14H2,1-2H3,(H,21,25). The van der Waals surface area contributed by atoms with E-state index < -0.39 is 0 Å². The van der Waals surface area contributed by atoms with Gasteiger partial charge in [0, 0.05) is 37.6 Å². The fourth-order valence-electron chi connectivity index (χ4n) is 3.15. The second-order valence-corrected chi connectivity index (χ2v) is 6.52. The minimum absolute atomic E-state index is 0.0346. The molecule has 3 rings (SSSR count). The van der Waals surface area contributed by atoms with E-state index in [2.05, 4.69) is 15.1 Å². The smallest absolute Gasteiger partial charge is 0.241 e. The summed E-state index contributed by atoms with van der Waals surface area (Å²) in [4.78, 5) is 17.1. The minimum atomic E-state index is -0.165. The molecule has 5 heteroatoms. The second kappa shape index (κ2) is 7.57. The number of piperazine rings is 1. The number of rotatable bonds is 4. The molecule has 132 valence electrons. The number of hydrogen-bond donors (Lipinski definition) is 2. The molecular weight excluding hydrogens is 314 g/mol. The SMILES string of the molecule is Cc1ccccc1NC(=O)C(C)N1CCN(c2ccc(O)cc2)CC1. The van der Waals surface area contributed by atoms with Gasteiger partial charge in [0.1, 0.15) is 5.75 Å². The highest BCUT2D eigenvalue weighted by Crippen LogP contribution is 2.21. The lowest BCUT2D eigenvalue weighted by atomic mass is 10.1. The zero-order valence-corrected chi connectivity index (χ0v) is 14.8. The number of para-hydroxylation sites is 1. The van der Waals surface area contributed by atoms with E-state index in [1.54, 1.807) is 12.1 Å². The molecule has 1 heterocycles. The van der Waals surface area contributed by atoms with Crippen LogP contribution in [0.4, 0.5) is 11.4 Å². The second-order valence-electron chi connectivity index (χ2n) is 6.52. The maximum Gasteiger partial charge on any atom is 0.241 e. The van der Waals surface area contributed by atoms with Crippen LogP contribution in [0.5, 0.6) is 5.75 Å². The average Bonchev–Trinajstić information content (AvgIpc) is 2.64. The van der Waals surface area contributed by atoms with Crippen LogP contribution in [0.25, 0.3) is 0 Å². The van der Waals surface area contributed by atoms with Gasteiger partial charge in [0.15, 0.2) is 0 Å². The third kappa shape index (κ3) is 4.12. The number of aryl methyl sites for hydroxylation is 1. The Bertz CT molecular complexity index is 722. The van der Waals surface area contributed by atoms with Crippen molar-refractivity contribution in [3.63, 3.8) is 0 Å². The highest BCUT2D eigenvalue weighted by atomic mass is 16.3. The molecule has 1 amide bonds. The molecule has 1 aliphatic rings. The van der Waals surface area contributed by atoms with Gasteiger partial charge in [0.05, 0.1) is 6.04 Å². The summed E-state index contributed by atoms with van der Waals surface area (Å²) in [5, 5.41) is 12.4. The first kappa shape index (κ1) is 17.3. The molecule has 1 saturated heterocycles. The molecule has 2 aromatic rings. The zero-order valence-electron chi connectivity index (χ0n) is 14.8. The van der Waals surface area contributed by atoms with Crippen molar-refractivity contribution in [2.75, 3.05) is 36.4 Å². The van der Waals surface area contributed by atoms with Gasteiger partial charge in [-0.1, -0.05) is 18.2 Å². The fourth-order valence-corrected chi connectivity index (χ4v) is 3.15. The van der Waals surface area contributed by atoms with E-state index >= 15 is 0 Å². The highest BCUT2D eigenvalue weighted by Gasteiger charge is 2.25. The highest BCUT2D eigenvalue weighted by molar-refractivity contribution is 5.95. The Kier molecular flexibility index (Phi) is 5.24. The minimum Gasteiger partial charge on any atom is -0.508 e. The van der Waals surface area contributed by atoms with E-state index in [0.717, 1.165) is 43.1 Å². The molecule has 0 aliphatic carbocycles. The fraction of sp³-hybridized carbons (Fsp3) is 0.350. The van der Waals surface area contributed by atoms with E-state index in [1.165, 1.54) is 0 Å². The van der Waals surface area contributed by atoms with Gasteiger partial charge in [-0.25, -0.2) is 0 Å². The van der Waals surface area contributed by atoms with Crippen LogP contribution in [0.3, 0.4) is 0 Å². The molecule has 0 aromatic heterocycles. The molecule has 0 spiro atoms. The summed E-state index contributed by atoms with van der Waals surface area (Å²) in [6.45, 7) is 7.37. The van der Waals surface area contributed by atoms with Crippen molar-refractivity contribution in [3.05, 3.63) is 54.1 Å². The predicted octanol–water partition coefficient (Wildman–Crippen LogP) is 2.85. The molecule has 1 aliphatic heterocycles. The Balaban J connectivity index is 1.56. The monoisotopic (exact) mass is 339 g/mol. The first-order chi connectivity index (χ1) is 12.0. The van der Waals surface area contributed by atoms with E-state index in [9.17, 15) is 9.90 Å². The van der Waals surface area contributed by atoms with E-state index in [-0.39, 0.29) is 17.7 Å². The van der Waals surface area contributed by atoms with Gasteiger partial charge < -0.3 is 15.3 Å². The number of anilines is 2. The molecule has 1 unspecified atom stereocenters. The first-order valence-electron chi connectivity index (χ1n) is 8.69. The molecule has 5 nitrogen and oxygen atoms in total. The van der Waals surface area contributed by atoms with Crippen LogP contribution in [0.1, 0.15) is 12.5 Å². The molecule has 0 radical (unpaired) electrons. The Morgan fingerprint density at radius 2 is 1.68 bits per heavy atom. The Hall–Kier alpha value is -2.53. The normalized spacial score (nSPS) is 16.5. The number of phenols is 1. The van der Waals surface area contributed by atoms with Gasteiger partial charge in [0.2, 0.25) is 5.91 Å². The molecule has 2 N–H and O–H groups in total. The molecule has 1 atom stereocenters. The van der Waals surface area contributed by atoms with Gasteiger partial charge in [-0.05, 0) is 49.7 Å². The van der Waals surface area contributed by atoms with Gasteiger partial charge in [0.25, 0.3) is 0 Å². The van der Waals surface area contributed by atoms with E-state index in [1.807, 2.05) is 50.2 Å². The lowest BCUT2D eigenvalue weighted by Crippen LogP contribution is -2.52. The van der Waals surface area contributed by atoms with Crippen LogP contribution in [0, 0.1) is 6.92 Å². The van der Waals surface area contributed by atoms with Crippen molar-refractivity contribution >= 4 is 17.3 Å². The molecule has 0 saturated carbocycles. The number of benzene rings is 2. The number of amides is 1. The van der Waals surface area contributed by atoms with Crippen LogP contribution >= 0.6 is 0 Å². The van der Waals surface area contributed by atoms with Crippen molar-refractivity contribution in [3.8, 4) is 5.75 Å². The Morgan fingerprint density at radius 1 is 1.04 bits per heavy atom. The molecule has 0 bridgehead atoms. The van der Waals surface area contributed by atoms with Gasteiger partial charge in [-0.3, -0.25) is 9.69 Å². The van der Waals surface area contributed by atoms with Crippen molar-refractivity contribution in [2.45, 2.75) is 19.9 Å². The number of carbonyl (C=O) groups is 1. The summed E-state index contributed by atoms with van der Waals surface area (Å²) in [7, 11) is 0. The van der Waals surface area contributed by atoms with E-state index in [0.29, 0.717) is 0 Å². The van der Waals surface area contributed by atoms with Gasteiger partial charge in [-0.2, -0.15) is 0 Å². The van der Waals surface area contributed by atoms with Crippen molar-refractivity contribution in [1.82, 2.24) is 4.90 Å². The molecule has 1 fully saturated rings. The largest absolute Gasteiger partial charge is 0.508 e. The maximum atomic E-state index is 12.6. The molecular formula is C20H25N3O2. The topological polar surface area (TPSA) is 55.8 Å². The Labute approximate surface area is 148 Å². The van der Waals surface area contributed by atoms with Gasteiger partial charge in [-0.15, -0.1) is 0 Å². The lowest BCUT2D eigenvalue weighted by molar-refractivity contribution is -0.120. The Morgan fingerprint density at radius 3 is 2.32 bits per heavy atom. The summed E-state index contributed by atoms with van der Waals surface area (Å²) in [5.74, 6) is 0.316.